The molecular formula is C25H31N5O2. The van der Waals surface area contributed by atoms with Gasteiger partial charge in [0.15, 0.2) is 0 Å². The third-order valence-corrected chi connectivity index (χ3v) is 6.64. The Morgan fingerprint density at radius 1 is 1.28 bits per heavy atom. The molecule has 168 valence electrons. The molecule has 4 rings (SSSR count). The predicted octanol–water partition coefficient (Wildman–Crippen LogP) is 3.95. The number of pyridine rings is 1. The maximum atomic E-state index is 12.9. The zero-order valence-corrected chi connectivity index (χ0v) is 19.3. The van der Waals surface area contributed by atoms with Gasteiger partial charge in [-0.15, -0.1) is 0 Å². The molecule has 1 saturated carbocycles. The summed E-state index contributed by atoms with van der Waals surface area (Å²) in [5, 5.41) is 15.6. The number of carbonyl (C=O) groups excluding carboxylic acids is 2. The van der Waals surface area contributed by atoms with Crippen molar-refractivity contribution in [1.82, 2.24) is 14.9 Å². The first-order valence-electron chi connectivity index (χ1n) is 11.3. The van der Waals surface area contributed by atoms with Crippen LogP contribution in [0.5, 0.6) is 0 Å². The molecule has 3 heterocycles. The molecule has 0 bridgehead atoms. The van der Waals surface area contributed by atoms with Gasteiger partial charge in [-0.2, -0.15) is 5.26 Å². The van der Waals surface area contributed by atoms with E-state index in [9.17, 15) is 14.9 Å². The molecule has 2 atom stereocenters. The SMILES string of the molecule is CC(=O)N[C@@H]1CCC[C@H](C(=O)Nc2cc(-c3cc(C#N)c4n3CC(C)(C)C4)c(C)cn2)C1. The average Bonchev–Trinajstić information content (AvgIpc) is 3.21. The van der Waals surface area contributed by atoms with Crippen LogP contribution in [-0.2, 0) is 22.6 Å². The highest BCUT2D eigenvalue weighted by atomic mass is 16.2. The largest absolute Gasteiger partial charge is 0.354 e. The Kier molecular flexibility index (Phi) is 5.81. The number of rotatable bonds is 4. The molecule has 0 aromatic carbocycles. The highest BCUT2D eigenvalue weighted by Gasteiger charge is 2.33. The standard InChI is InChI=1S/C25H31N5O2/c1-15-13-27-23(29-24(32)17-6-5-7-19(8-17)28-16(2)31)10-20(15)21-9-18(12-26)22-11-25(3,4)14-30(21)22/h9-10,13,17,19H,5-8,11,14H2,1-4H3,(H,28,31)(H,27,29,32)/t17-,19+/m0/s1. The molecule has 2 aromatic heterocycles. The zero-order valence-electron chi connectivity index (χ0n) is 19.3. The molecule has 0 spiro atoms. The van der Waals surface area contributed by atoms with Crippen molar-refractivity contribution in [3.05, 3.63) is 35.2 Å². The van der Waals surface area contributed by atoms with Gasteiger partial charge in [0, 0.05) is 42.9 Å². The van der Waals surface area contributed by atoms with Crippen LogP contribution in [0.4, 0.5) is 5.82 Å². The average molecular weight is 434 g/mol. The molecule has 0 saturated heterocycles. The van der Waals surface area contributed by atoms with Crippen molar-refractivity contribution in [2.45, 2.75) is 72.4 Å². The smallest absolute Gasteiger partial charge is 0.228 e. The Morgan fingerprint density at radius 3 is 2.78 bits per heavy atom. The second kappa shape index (κ2) is 8.42. The van der Waals surface area contributed by atoms with Crippen molar-refractivity contribution in [2.75, 3.05) is 5.32 Å². The van der Waals surface area contributed by atoms with Crippen LogP contribution in [0.25, 0.3) is 11.3 Å². The van der Waals surface area contributed by atoms with Gasteiger partial charge in [0.25, 0.3) is 0 Å². The summed E-state index contributed by atoms with van der Waals surface area (Å²) in [6.45, 7) is 8.80. The predicted molar refractivity (Wildman–Crippen MR) is 123 cm³/mol. The second-order valence-electron chi connectivity index (χ2n) is 10.1. The highest BCUT2D eigenvalue weighted by Crippen LogP contribution is 2.40. The van der Waals surface area contributed by atoms with Crippen molar-refractivity contribution in [1.29, 1.82) is 5.26 Å². The molecule has 2 aliphatic rings. The molecule has 7 heteroatoms. The van der Waals surface area contributed by atoms with Crippen molar-refractivity contribution in [3.8, 4) is 17.3 Å². The Balaban J connectivity index is 1.57. The molecule has 0 radical (unpaired) electrons. The summed E-state index contributed by atoms with van der Waals surface area (Å²) in [5.74, 6) is 0.265. The van der Waals surface area contributed by atoms with Crippen LogP contribution in [0.15, 0.2) is 18.3 Å². The summed E-state index contributed by atoms with van der Waals surface area (Å²) in [4.78, 5) is 28.8. The Bertz CT molecular complexity index is 1110. The van der Waals surface area contributed by atoms with E-state index in [1.54, 1.807) is 6.20 Å². The van der Waals surface area contributed by atoms with Crippen LogP contribution in [-0.4, -0.2) is 27.4 Å². The fraction of sp³-hybridized carbons (Fsp3) is 0.520. The fourth-order valence-electron chi connectivity index (χ4n) is 5.16. The van der Waals surface area contributed by atoms with Gasteiger partial charge in [0.05, 0.1) is 11.3 Å². The monoisotopic (exact) mass is 433 g/mol. The molecule has 2 N–H and O–H groups in total. The summed E-state index contributed by atoms with van der Waals surface area (Å²) in [6, 6.07) is 6.27. The van der Waals surface area contributed by atoms with Crippen molar-refractivity contribution in [3.63, 3.8) is 0 Å². The molecule has 1 aliphatic heterocycles. The third-order valence-electron chi connectivity index (χ3n) is 6.64. The number of nitrogens with one attached hydrogen (secondary N) is 2. The minimum Gasteiger partial charge on any atom is -0.354 e. The maximum absolute atomic E-state index is 12.9. The van der Waals surface area contributed by atoms with E-state index >= 15 is 0 Å². The molecule has 2 amide bonds. The lowest BCUT2D eigenvalue weighted by Crippen LogP contribution is -2.40. The summed E-state index contributed by atoms with van der Waals surface area (Å²) in [6.07, 6.45) is 5.94. The molecule has 1 aliphatic carbocycles. The van der Waals surface area contributed by atoms with Crippen LogP contribution in [0.3, 0.4) is 0 Å². The van der Waals surface area contributed by atoms with E-state index in [0.717, 1.165) is 60.3 Å². The number of amides is 2. The number of anilines is 1. The molecule has 32 heavy (non-hydrogen) atoms. The van der Waals surface area contributed by atoms with Crippen LogP contribution < -0.4 is 10.6 Å². The highest BCUT2D eigenvalue weighted by molar-refractivity contribution is 5.92. The van der Waals surface area contributed by atoms with Crippen LogP contribution >= 0.6 is 0 Å². The van der Waals surface area contributed by atoms with Gasteiger partial charge in [0.2, 0.25) is 11.8 Å². The summed E-state index contributed by atoms with van der Waals surface area (Å²) in [5.41, 5.74) is 4.90. The molecule has 2 aromatic rings. The van der Waals surface area contributed by atoms with E-state index in [1.165, 1.54) is 6.92 Å². The lowest BCUT2D eigenvalue weighted by Gasteiger charge is -2.28. The molecule has 1 fully saturated rings. The normalized spacial score (nSPS) is 21.5. The van der Waals surface area contributed by atoms with Gasteiger partial charge in [0.1, 0.15) is 11.9 Å². The minimum absolute atomic E-state index is 0.0506. The third kappa shape index (κ3) is 4.40. The van der Waals surface area contributed by atoms with E-state index in [0.29, 0.717) is 12.2 Å². The first-order chi connectivity index (χ1) is 15.2. The molecular weight excluding hydrogens is 402 g/mol. The van der Waals surface area contributed by atoms with Crippen molar-refractivity contribution < 1.29 is 9.59 Å². The number of hydrogen-bond donors (Lipinski definition) is 2. The summed E-state index contributed by atoms with van der Waals surface area (Å²) < 4.78 is 2.24. The van der Waals surface area contributed by atoms with Crippen LogP contribution in [0.1, 0.15) is 63.3 Å². The minimum atomic E-state index is -0.143. The quantitative estimate of drug-likeness (QED) is 0.763. The fourth-order valence-corrected chi connectivity index (χ4v) is 5.16. The van der Waals surface area contributed by atoms with Crippen molar-refractivity contribution in [2.24, 2.45) is 11.3 Å². The van der Waals surface area contributed by atoms with E-state index < -0.39 is 0 Å². The van der Waals surface area contributed by atoms with E-state index in [4.69, 9.17) is 0 Å². The molecule has 7 nitrogen and oxygen atoms in total. The van der Waals surface area contributed by atoms with Crippen molar-refractivity contribution >= 4 is 17.6 Å². The van der Waals surface area contributed by atoms with Gasteiger partial charge in [-0.3, -0.25) is 9.59 Å². The maximum Gasteiger partial charge on any atom is 0.228 e. The number of nitrogens with zero attached hydrogens (tertiary/aromatic N) is 3. The Hall–Kier alpha value is -3.14. The summed E-state index contributed by atoms with van der Waals surface area (Å²) >= 11 is 0. The van der Waals surface area contributed by atoms with Gasteiger partial charge < -0.3 is 15.2 Å². The lowest BCUT2D eigenvalue weighted by atomic mass is 9.85. The lowest BCUT2D eigenvalue weighted by molar-refractivity contribution is -0.123. The second-order valence-corrected chi connectivity index (χ2v) is 10.1. The Morgan fingerprint density at radius 2 is 2.06 bits per heavy atom. The number of aromatic nitrogens is 2. The Labute approximate surface area is 189 Å². The van der Waals surface area contributed by atoms with Crippen LogP contribution in [0, 0.1) is 29.6 Å². The first-order valence-corrected chi connectivity index (χ1v) is 11.3. The van der Waals surface area contributed by atoms with E-state index in [1.807, 2.05) is 19.1 Å². The number of carbonyl (C=O) groups is 2. The van der Waals surface area contributed by atoms with Gasteiger partial charge in [-0.1, -0.05) is 20.3 Å². The summed E-state index contributed by atoms with van der Waals surface area (Å²) in [7, 11) is 0. The van der Waals surface area contributed by atoms with E-state index in [2.05, 4.69) is 40.1 Å². The number of aryl methyl sites for hydroxylation is 1. The number of hydrogen-bond acceptors (Lipinski definition) is 4. The number of nitriles is 1. The van der Waals surface area contributed by atoms with Gasteiger partial charge in [-0.25, -0.2) is 4.98 Å². The van der Waals surface area contributed by atoms with E-state index in [-0.39, 0.29) is 29.2 Å². The van der Waals surface area contributed by atoms with Gasteiger partial charge >= 0.3 is 0 Å². The zero-order chi connectivity index (χ0) is 23.0. The number of fused-ring (bicyclic) bond motifs is 1. The molecule has 0 unspecified atom stereocenters. The van der Waals surface area contributed by atoms with Crippen LogP contribution in [0.2, 0.25) is 0 Å². The van der Waals surface area contributed by atoms with Gasteiger partial charge in [-0.05, 0) is 55.7 Å². The first kappa shape index (κ1) is 22.1. The topological polar surface area (TPSA) is 99.8 Å².